The third kappa shape index (κ3) is 3.91. The van der Waals surface area contributed by atoms with Crippen LogP contribution in [0.1, 0.15) is 5.56 Å². The fourth-order valence-electron chi connectivity index (χ4n) is 2.11. The first-order valence-electron chi connectivity index (χ1n) is 6.84. The van der Waals surface area contributed by atoms with Gasteiger partial charge in [0.25, 0.3) is 10.0 Å². The highest BCUT2D eigenvalue weighted by Gasteiger charge is 2.31. The molecule has 0 aliphatic heterocycles. The molecule has 0 bridgehead atoms. The van der Waals surface area contributed by atoms with E-state index in [2.05, 4.69) is 9.71 Å². The molecule has 0 aliphatic carbocycles. The monoisotopic (exact) mass is 404 g/mol. The molecule has 4 nitrogen and oxygen atoms in total. The maximum absolute atomic E-state index is 12.8. The molecule has 1 aromatic heterocycles. The lowest BCUT2D eigenvalue weighted by atomic mass is 10.2. The summed E-state index contributed by atoms with van der Waals surface area (Å²) in [6.07, 6.45) is -2.73. The van der Waals surface area contributed by atoms with Gasteiger partial charge in [0.1, 0.15) is 0 Å². The molecule has 0 saturated carbocycles. The average molecular weight is 404 g/mol. The Kier molecular flexibility index (Phi) is 4.69. The highest BCUT2D eigenvalue weighted by atomic mass is 32.2. The van der Waals surface area contributed by atoms with Crippen molar-refractivity contribution >= 4 is 49.0 Å². The smallest absolute Gasteiger partial charge is 0.280 e. The first-order valence-corrected chi connectivity index (χ1v) is 10.4. The number of thioether (sulfide) groups is 1. The topological polar surface area (TPSA) is 59.1 Å². The van der Waals surface area contributed by atoms with E-state index in [1.807, 2.05) is 6.26 Å². The summed E-state index contributed by atoms with van der Waals surface area (Å²) in [4.78, 5) is 3.90. The minimum atomic E-state index is -4.61. The van der Waals surface area contributed by atoms with Gasteiger partial charge in [0.15, 0.2) is 4.34 Å². The lowest BCUT2D eigenvalue weighted by Crippen LogP contribution is -2.14. The summed E-state index contributed by atoms with van der Waals surface area (Å²) in [6, 6.07) is 8.42. The van der Waals surface area contributed by atoms with Gasteiger partial charge < -0.3 is 0 Å². The van der Waals surface area contributed by atoms with Crippen molar-refractivity contribution < 1.29 is 21.6 Å². The third-order valence-electron chi connectivity index (χ3n) is 3.27. The fraction of sp³-hybridized carbons (Fsp3) is 0.133. The van der Waals surface area contributed by atoms with Gasteiger partial charge in [0.05, 0.1) is 26.4 Å². The number of hydrogen-bond donors (Lipinski definition) is 1. The molecule has 0 aliphatic rings. The Morgan fingerprint density at radius 2 is 1.92 bits per heavy atom. The summed E-state index contributed by atoms with van der Waals surface area (Å²) in [5, 5.41) is 0. The second kappa shape index (κ2) is 6.50. The van der Waals surface area contributed by atoms with E-state index in [4.69, 9.17) is 0 Å². The number of nitrogens with zero attached hydrogens (tertiary/aromatic N) is 1. The van der Waals surface area contributed by atoms with Crippen LogP contribution in [-0.2, 0) is 16.2 Å². The van der Waals surface area contributed by atoms with Crippen molar-refractivity contribution in [1.29, 1.82) is 0 Å². The number of alkyl halides is 3. The Bertz CT molecular complexity index is 1030. The molecule has 0 saturated heterocycles. The van der Waals surface area contributed by atoms with Crippen LogP contribution in [0.3, 0.4) is 0 Å². The number of anilines is 1. The van der Waals surface area contributed by atoms with E-state index in [0.29, 0.717) is 6.07 Å². The Morgan fingerprint density at radius 1 is 1.16 bits per heavy atom. The lowest BCUT2D eigenvalue weighted by Gasteiger charge is -2.11. The fourth-order valence-corrected chi connectivity index (χ4v) is 4.73. The van der Waals surface area contributed by atoms with E-state index in [1.165, 1.54) is 29.2 Å². The summed E-state index contributed by atoms with van der Waals surface area (Å²) in [5.41, 5.74) is -0.0181. The van der Waals surface area contributed by atoms with Crippen LogP contribution in [-0.4, -0.2) is 19.7 Å². The predicted octanol–water partition coefficient (Wildman–Crippen LogP) is 4.84. The van der Waals surface area contributed by atoms with Crippen molar-refractivity contribution in [2.24, 2.45) is 0 Å². The number of halogens is 3. The van der Waals surface area contributed by atoms with Crippen molar-refractivity contribution in [2.75, 3.05) is 11.0 Å². The van der Waals surface area contributed by atoms with Gasteiger partial charge in [-0.2, -0.15) is 13.2 Å². The number of fused-ring (bicyclic) bond motifs is 1. The first kappa shape index (κ1) is 18.0. The maximum Gasteiger partial charge on any atom is 0.416 e. The van der Waals surface area contributed by atoms with Crippen molar-refractivity contribution in [3.05, 3.63) is 48.0 Å². The van der Waals surface area contributed by atoms with Gasteiger partial charge in [-0.3, -0.25) is 4.72 Å². The molecular formula is C15H11F3N2O2S3. The largest absolute Gasteiger partial charge is 0.416 e. The highest BCUT2D eigenvalue weighted by Crippen LogP contribution is 2.32. The molecule has 10 heteroatoms. The van der Waals surface area contributed by atoms with Crippen LogP contribution in [0.15, 0.2) is 51.7 Å². The zero-order valence-electron chi connectivity index (χ0n) is 12.7. The summed E-state index contributed by atoms with van der Waals surface area (Å²) in [6.45, 7) is 0. The highest BCUT2D eigenvalue weighted by molar-refractivity contribution is 8.00. The first-order chi connectivity index (χ1) is 11.7. The summed E-state index contributed by atoms with van der Waals surface area (Å²) in [7, 11) is -4.13. The van der Waals surface area contributed by atoms with Gasteiger partial charge in [0, 0.05) is 0 Å². The molecule has 1 heterocycles. The molecule has 3 aromatic rings. The molecule has 0 fully saturated rings. The van der Waals surface area contributed by atoms with E-state index < -0.39 is 26.7 Å². The number of benzene rings is 2. The van der Waals surface area contributed by atoms with Crippen LogP contribution in [0.25, 0.3) is 10.2 Å². The molecular weight excluding hydrogens is 393 g/mol. The van der Waals surface area contributed by atoms with Crippen LogP contribution < -0.4 is 4.72 Å². The molecule has 132 valence electrons. The Hall–Kier alpha value is -1.78. The summed E-state index contributed by atoms with van der Waals surface area (Å²) < 4.78 is 67.0. The molecule has 0 spiro atoms. The SMILES string of the molecule is CSc1nc2ccc(NS(=O)(=O)c3cccc(C(F)(F)F)c3)cc2s1. The van der Waals surface area contributed by atoms with Crippen molar-refractivity contribution in [1.82, 2.24) is 4.98 Å². The molecule has 2 aromatic carbocycles. The summed E-state index contributed by atoms with van der Waals surface area (Å²) in [5.74, 6) is 0. The van der Waals surface area contributed by atoms with Crippen LogP contribution in [0.5, 0.6) is 0 Å². The molecule has 0 atom stereocenters. The number of nitrogens with one attached hydrogen (secondary N) is 1. The van der Waals surface area contributed by atoms with Gasteiger partial charge in [-0.25, -0.2) is 13.4 Å². The molecule has 1 N–H and O–H groups in total. The van der Waals surface area contributed by atoms with Gasteiger partial charge in [-0.1, -0.05) is 17.8 Å². The minimum Gasteiger partial charge on any atom is -0.280 e. The van der Waals surface area contributed by atoms with Gasteiger partial charge >= 0.3 is 6.18 Å². The van der Waals surface area contributed by atoms with Gasteiger partial charge in [0.2, 0.25) is 0 Å². The van der Waals surface area contributed by atoms with Crippen LogP contribution in [0.2, 0.25) is 0 Å². The molecule has 0 radical (unpaired) electrons. The number of sulfonamides is 1. The second-order valence-electron chi connectivity index (χ2n) is 5.00. The number of hydrogen-bond acceptors (Lipinski definition) is 5. The lowest BCUT2D eigenvalue weighted by molar-refractivity contribution is -0.137. The van der Waals surface area contributed by atoms with E-state index in [0.717, 1.165) is 32.8 Å². The average Bonchev–Trinajstić information content (AvgIpc) is 2.96. The minimum absolute atomic E-state index is 0.265. The Balaban J connectivity index is 1.93. The molecule has 3 rings (SSSR count). The van der Waals surface area contributed by atoms with E-state index in [1.54, 1.807) is 12.1 Å². The number of thiazole rings is 1. The van der Waals surface area contributed by atoms with Gasteiger partial charge in [-0.15, -0.1) is 11.3 Å². The zero-order chi connectivity index (χ0) is 18.2. The second-order valence-corrected chi connectivity index (χ2v) is 8.76. The molecule has 0 unspecified atom stereocenters. The van der Waals surface area contributed by atoms with Crippen molar-refractivity contribution in [3.8, 4) is 0 Å². The summed E-state index contributed by atoms with van der Waals surface area (Å²) >= 11 is 2.88. The Morgan fingerprint density at radius 3 is 2.60 bits per heavy atom. The van der Waals surface area contributed by atoms with Crippen molar-refractivity contribution in [2.45, 2.75) is 15.4 Å². The molecule has 0 amide bonds. The predicted molar refractivity (Wildman–Crippen MR) is 93.7 cm³/mol. The van der Waals surface area contributed by atoms with Crippen LogP contribution >= 0.6 is 23.1 Å². The standard InChI is InChI=1S/C15H11F3N2O2S3/c1-23-14-19-12-6-5-10(8-13(12)24-14)20-25(21,22)11-4-2-3-9(7-11)15(16,17)18/h2-8,20H,1H3. The maximum atomic E-state index is 12.8. The van der Waals surface area contributed by atoms with Gasteiger partial charge in [-0.05, 0) is 42.7 Å². The van der Waals surface area contributed by atoms with E-state index in [-0.39, 0.29) is 5.69 Å². The number of rotatable bonds is 4. The van der Waals surface area contributed by atoms with Crippen LogP contribution in [0.4, 0.5) is 18.9 Å². The van der Waals surface area contributed by atoms with E-state index in [9.17, 15) is 21.6 Å². The molecule has 25 heavy (non-hydrogen) atoms. The van der Waals surface area contributed by atoms with Crippen molar-refractivity contribution in [3.63, 3.8) is 0 Å². The third-order valence-corrected chi connectivity index (χ3v) is 6.65. The van der Waals surface area contributed by atoms with E-state index >= 15 is 0 Å². The normalized spacial score (nSPS) is 12.5. The Labute approximate surface area is 150 Å². The number of aromatic nitrogens is 1. The zero-order valence-corrected chi connectivity index (χ0v) is 15.1. The quantitative estimate of drug-likeness (QED) is 0.633. The van der Waals surface area contributed by atoms with Crippen LogP contribution in [0, 0.1) is 0 Å².